The van der Waals surface area contributed by atoms with Gasteiger partial charge in [0.15, 0.2) is 17.3 Å². The summed E-state index contributed by atoms with van der Waals surface area (Å²) in [5.41, 5.74) is 4.81. The van der Waals surface area contributed by atoms with Crippen molar-refractivity contribution in [1.82, 2.24) is 15.4 Å². The lowest BCUT2D eigenvalue weighted by atomic mass is 10.0. The molecule has 0 bridgehead atoms. The number of anilines is 3. The number of esters is 1. The fourth-order valence-electron chi connectivity index (χ4n) is 3.81. The highest BCUT2D eigenvalue weighted by Crippen LogP contribution is 2.36. The van der Waals surface area contributed by atoms with Crippen molar-refractivity contribution >= 4 is 29.5 Å². The second-order valence-electron chi connectivity index (χ2n) is 8.19. The van der Waals surface area contributed by atoms with Gasteiger partial charge in [-0.2, -0.15) is 18.2 Å². The lowest BCUT2D eigenvalue weighted by Gasteiger charge is -2.23. The van der Waals surface area contributed by atoms with Crippen LogP contribution in [0.3, 0.4) is 0 Å². The fraction of sp³-hybridized carbons (Fsp3) is 0.192. The van der Waals surface area contributed by atoms with Crippen LogP contribution in [0.4, 0.5) is 30.6 Å². The van der Waals surface area contributed by atoms with E-state index >= 15 is 0 Å². The minimum atomic E-state index is -4.48. The summed E-state index contributed by atoms with van der Waals surface area (Å²) in [5.74, 6) is 1.03. The molecule has 0 fully saturated rings. The Kier molecular flexibility index (Phi) is 6.88. The van der Waals surface area contributed by atoms with Crippen molar-refractivity contribution in [1.29, 1.82) is 0 Å². The number of nitrogens with one attached hydrogen (secondary N) is 2. The van der Waals surface area contributed by atoms with Gasteiger partial charge < -0.3 is 19.5 Å². The number of carbonyl (C=O) groups is 1. The molecule has 3 heterocycles. The number of alkyl halides is 3. The normalized spacial score (nSPS) is 16.3. The molecule has 1 unspecified atom stereocenters. The third-order valence-corrected chi connectivity index (χ3v) is 5.58. The predicted molar refractivity (Wildman–Crippen MR) is 134 cm³/mol. The van der Waals surface area contributed by atoms with Gasteiger partial charge in [-0.3, -0.25) is 5.01 Å². The Morgan fingerprint density at radius 1 is 1.24 bits per heavy atom. The van der Waals surface area contributed by atoms with Gasteiger partial charge in [0.25, 0.3) is 0 Å². The first-order chi connectivity index (χ1) is 18.3. The fourth-order valence-corrected chi connectivity index (χ4v) is 3.81. The van der Waals surface area contributed by atoms with E-state index in [-0.39, 0.29) is 25.2 Å². The van der Waals surface area contributed by atoms with Gasteiger partial charge in [-0.15, -0.1) is 0 Å². The highest BCUT2D eigenvalue weighted by molar-refractivity contribution is 5.87. The Labute approximate surface area is 215 Å². The molecular weight excluding hydrogens is 503 g/mol. The van der Waals surface area contributed by atoms with E-state index in [1.807, 2.05) is 0 Å². The summed E-state index contributed by atoms with van der Waals surface area (Å²) in [6.45, 7) is 2.09. The quantitative estimate of drug-likeness (QED) is 0.328. The SMILES string of the molecule is CCOC(=O)/C=C/c1cccc(-c2cnc(Nc3ccc4c(c3)OCO4)nc2N2C=CC(C(F)(F)F)N2)c1. The Balaban J connectivity index is 1.48. The molecule has 2 aliphatic heterocycles. The zero-order valence-corrected chi connectivity index (χ0v) is 20.0. The van der Waals surface area contributed by atoms with E-state index in [0.717, 1.165) is 6.08 Å². The minimum absolute atomic E-state index is 0.121. The third-order valence-electron chi connectivity index (χ3n) is 5.58. The molecule has 2 aliphatic rings. The van der Waals surface area contributed by atoms with E-state index in [0.29, 0.717) is 33.9 Å². The first kappa shape index (κ1) is 25.1. The second-order valence-corrected chi connectivity index (χ2v) is 8.19. The van der Waals surface area contributed by atoms with Gasteiger partial charge in [0.1, 0.15) is 6.04 Å². The van der Waals surface area contributed by atoms with E-state index in [2.05, 4.69) is 20.7 Å². The third kappa shape index (κ3) is 5.54. The zero-order valence-electron chi connectivity index (χ0n) is 20.0. The highest BCUT2D eigenvalue weighted by atomic mass is 19.4. The van der Waals surface area contributed by atoms with Crippen molar-refractivity contribution in [2.45, 2.75) is 19.1 Å². The molecule has 9 nitrogen and oxygen atoms in total. The molecule has 0 amide bonds. The summed E-state index contributed by atoms with van der Waals surface area (Å²) < 4.78 is 55.7. The summed E-state index contributed by atoms with van der Waals surface area (Å²) in [5, 5.41) is 4.26. The number of nitrogens with zero attached hydrogens (tertiary/aromatic N) is 3. The molecule has 12 heteroatoms. The maximum atomic E-state index is 13.4. The first-order valence-corrected chi connectivity index (χ1v) is 11.6. The smallest absolute Gasteiger partial charge is 0.409 e. The molecular formula is C26H22F3N5O4. The number of benzene rings is 2. The van der Waals surface area contributed by atoms with Gasteiger partial charge in [0, 0.05) is 35.8 Å². The number of ether oxygens (including phenoxy) is 3. The van der Waals surface area contributed by atoms with Crippen molar-refractivity contribution in [2.75, 3.05) is 23.7 Å². The van der Waals surface area contributed by atoms with E-state index < -0.39 is 18.2 Å². The van der Waals surface area contributed by atoms with Crippen LogP contribution in [0.2, 0.25) is 0 Å². The molecule has 3 aromatic rings. The minimum Gasteiger partial charge on any atom is -0.463 e. The van der Waals surface area contributed by atoms with Gasteiger partial charge in [-0.25, -0.2) is 15.2 Å². The molecule has 0 saturated heterocycles. The van der Waals surface area contributed by atoms with Crippen molar-refractivity contribution in [2.24, 2.45) is 0 Å². The van der Waals surface area contributed by atoms with E-state index in [4.69, 9.17) is 14.2 Å². The van der Waals surface area contributed by atoms with Gasteiger partial charge in [0.2, 0.25) is 12.7 Å². The topological polar surface area (TPSA) is 97.8 Å². The molecule has 0 aliphatic carbocycles. The number of hydrogen-bond donors (Lipinski definition) is 2. The molecule has 1 atom stereocenters. The Bertz CT molecular complexity index is 1410. The van der Waals surface area contributed by atoms with Crippen LogP contribution in [0.1, 0.15) is 12.5 Å². The van der Waals surface area contributed by atoms with E-state index in [1.165, 1.54) is 23.5 Å². The van der Waals surface area contributed by atoms with Gasteiger partial charge in [-0.05, 0) is 48.4 Å². The molecule has 1 aromatic heterocycles. The monoisotopic (exact) mass is 525 g/mol. The number of halogens is 3. The molecule has 2 aromatic carbocycles. The van der Waals surface area contributed by atoms with E-state index in [1.54, 1.807) is 55.5 Å². The zero-order chi connectivity index (χ0) is 26.7. The van der Waals surface area contributed by atoms with Crippen LogP contribution in [0, 0.1) is 0 Å². The Morgan fingerprint density at radius 2 is 2.08 bits per heavy atom. The molecule has 2 N–H and O–H groups in total. The van der Waals surface area contributed by atoms with Gasteiger partial charge in [-0.1, -0.05) is 18.2 Å². The lowest BCUT2D eigenvalue weighted by molar-refractivity contribution is -0.143. The number of hydrazine groups is 1. The average Bonchev–Trinajstić information content (AvgIpc) is 3.58. The summed E-state index contributed by atoms with van der Waals surface area (Å²) >= 11 is 0. The molecule has 0 saturated carbocycles. The summed E-state index contributed by atoms with van der Waals surface area (Å²) in [6, 6.07) is 10.4. The van der Waals surface area contributed by atoms with Crippen molar-refractivity contribution in [3.05, 3.63) is 72.6 Å². The predicted octanol–water partition coefficient (Wildman–Crippen LogP) is 4.96. The molecule has 196 valence electrons. The number of rotatable bonds is 7. The average molecular weight is 525 g/mol. The standard InChI is InChI=1S/C26H22F3N5O4/c1-2-36-23(35)9-6-16-4-3-5-17(12-16)19-14-30-25(31-18-7-8-20-21(13-18)38-15-37-20)32-24(19)34-11-10-22(33-34)26(27,28)29/h3-14,22,33H,2,15H2,1H3,(H,30,31,32)/b9-6+. The van der Waals surface area contributed by atoms with Crippen molar-refractivity contribution in [3.63, 3.8) is 0 Å². The highest BCUT2D eigenvalue weighted by Gasteiger charge is 2.41. The van der Waals surface area contributed by atoms with Crippen molar-refractivity contribution < 1.29 is 32.2 Å². The number of fused-ring (bicyclic) bond motifs is 1. The molecule has 0 spiro atoms. The van der Waals surface area contributed by atoms with Crippen LogP contribution in [-0.4, -0.2) is 41.6 Å². The van der Waals surface area contributed by atoms with Crippen LogP contribution < -0.4 is 25.2 Å². The molecule has 0 radical (unpaired) electrons. The lowest BCUT2D eigenvalue weighted by Crippen LogP contribution is -2.44. The Hall–Kier alpha value is -4.58. The van der Waals surface area contributed by atoms with E-state index in [9.17, 15) is 18.0 Å². The second kappa shape index (κ2) is 10.4. The maximum Gasteiger partial charge on any atom is 0.409 e. The van der Waals surface area contributed by atoms with Gasteiger partial charge >= 0.3 is 12.1 Å². The van der Waals surface area contributed by atoms with Crippen molar-refractivity contribution in [3.8, 4) is 22.6 Å². The summed E-state index contributed by atoms with van der Waals surface area (Å²) in [6.07, 6.45) is 2.21. The van der Waals surface area contributed by atoms with Crippen LogP contribution >= 0.6 is 0 Å². The maximum absolute atomic E-state index is 13.4. The Morgan fingerprint density at radius 3 is 2.87 bits per heavy atom. The summed E-state index contributed by atoms with van der Waals surface area (Å²) in [7, 11) is 0. The van der Waals surface area contributed by atoms with Crippen LogP contribution in [-0.2, 0) is 9.53 Å². The first-order valence-electron chi connectivity index (χ1n) is 11.6. The molecule has 38 heavy (non-hydrogen) atoms. The van der Waals surface area contributed by atoms with Gasteiger partial charge in [0.05, 0.1) is 6.61 Å². The number of aromatic nitrogens is 2. The number of carbonyl (C=O) groups excluding carboxylic acids is 1. The van der Waals surface area contributed by atoms with Crippen LogP contribution in [0.15, 0.2) is 67.0 Å². The van der Waals surface area contributed by atoms with Crippen LogP contribution in [0.25, 0.3) is 17.2 Å². The number of hydrogen-bond acceptors (Lipinski definition) is 9. The largest absolute Gasteiger partial charge is 0.463 e. The summed E-state index contributed by atoms with van der Waals surface area (Å²) in [4.78, 5) is 20.6. The van der Waals surface area contributed by atoms with Crippen LogP contribution in [0.5, 0.6) is 11.5 Å². The molecule has 5 rings (SSSR count).